The minimum absolute atomic E-state index is 0.155. The lowest BCUT2D eigenvalue weighted by Crippen LogP contribution is -2.34. The van der Waals surface area contributed by atoms with Gasteiger partial charge in [0.15, 0.2) is 0 Å². The second-order valence-corrected chi connectivity index (χ2v) is 5.48. The van der Waals surface area contributed by atoms with Crippen LogP contribution in [-0.2, 0) is 6.54 Å². The van der Waals surface area contributed by atoms with Gasteiger partial charge in [0, 0.05) is 36.5 Å². The fraction of sp³-hybridized carbons (Fsp3) is 0.643. The van der Waals surface area contributed by atoms with Gasteiger partial charge in [-0.2, -0.15) is 0 Å². The van der Waals surface area contributed by atoms with E-state index in [1.54, 1.807) is 20.0 Å². The van der Waals surface area contributed by atoms with Crippen LogP contribution in [-0.4, -0.2) is 27.7 Å². The Balaban J connectivity index is 2.10. The summed E-state index contributed by atoms with van der Waals surface area (Å²) in [4.78, 5) is 15.0. The number of pyridine rings is 1. The molecule has 6 heteroatoms. The normalized spacial score (nSPS) is 22.1. The quantitative estimate of drug-likeness (QED) is 0.634. The third-order valence-electron chi connectivity index (χ3n) is 4.18. The van der Waals surface area contributed by atoms with E-state index in [1.807, 2.05) is 0 Å². The summed E-state index contributed by atoms with van der Waals surface area (Å²) in [5.74, 6) is 0.288. The van der Waals surface area contributed by atoms with Crippen LogP contribution in [0.2, 0.25) is 0 Å². The van der Waals surface area contributed by atoms with Gasteiger partial charge in [0.25, 0.3) is 5.69 Å². The molecule has 0 radical (unpaired) electrons. The van der Waals surface area contributed by atoms with E-state index >= 15 is 0 Å². The molecule has 0 bridgehead atoms. The number of nitrogens with zero attached hydrogens (tertiary/aromatic N) is 2. The lowest BCUT2D eigenvalue weighted by atomic mass is 10.0. The highest BCUT2D eigenvalue weighted by molar-refractivity contribution is 5.47. The summed E-state index contributed by atoms with van der Waals surface area (Å²) in [7, 11) is 0. The number of hydrogen-bond donors (Lipinski definition) is 2. The number of aromatic nitrogens is 1. The second-order valence-electron chi connectivity index (χ2n) is 5.48. The van der Waals surface area contributed by atoms with Crippen molar-refractivity contribution >= 4 is 5.69 Å². The van der Waals surface area contributed by atoms with Crippen LogP contribution in [0, 0.1) is 29.9 Å². The Morgan fingerprint density at radius 2 is 2.25 bits per heavy atom. The Morgan fingerprint density at radius 1 is 1.50 bits per heavy atom. The zero-order valence-corrected chi connectivity index (χ0v) is 11.9. The smallest absolute Gasteiger partial charge is 0.278 e. The van der Waals surface area contributed by atoms with Crippen LogP contribution in [0.1, 0.15) is 36.1 Å². The van der Waals surface area contributed by atoms with E-state index in [4.69, 9.17) is 0 Å². The van der Waals surface area contributed by atoms with E-state index in [0.29, 0.717) is 23.4 Å². The predicted octanol–water partition coefficient (Wildman–Crippen LogP) is 1.86. The first-order chi connectivity index (χ1) is 9.54. The monoisotopic (exact) mass is 279 g/mol. The molecule has 6 nitrogen and oxygen atoms in total. The molecule has 1 fully saturated rings. The molecule has 2 atom stereocenters. The molecule has 2 N–H and O–H groups in total. The summed E-state index contributed by atoms with van der Waals surface area (Å²) in [6.45, 7) is 4.15. The molecule has 20 heavy (non-hydrogen) atoms. The number of hydrogen-bond acceptors (Lipinski definition) is 5. The number of rotatable bonds is 5. The van der Waals surface area contributed by atoms with Crippen molar-refractivity contribution < 1.29 is 10.0 Å². The van der Waals surface area contributed by atoms with Gasteiger partial charge in [-0.1, -0.05) is 6.42 Å². The van der Waals surface area contributed by atoms with Crippen LogP contribution < -0.4 is 5.32 Å². The number of aliphatic hydroxyl groups excluding tert-OH is 1. The Bertz CT molecular complexity index is 505. The maximum atomic E-state index is 11.1. The van der Waals surface area contributed by atoms with Crippen molar-refractivity contribution in [3.63, 3.8) is 0 Å². The van der Waals surface area contributed by atoms with Crippen molar-refractivity contribution in [1.82, 2.24) is 10.3 Å². The summed E-state index contributed by atoms with van der Waals surface area (Å²) in [6.07, 6.45) is 4.75. The Hall–Kier alpha value is -1.53. The molecule has 0 saturated heterocycles. The first kappa shape index (κ1) is 14.9. The molecule has 0 amide bonds. The molecule has 2 rings (SSSR count). The van der Waals surface area contributed by atoms with E-state index in [0.717, 1.165) is 19.3 Å². The van der Waals surface area contributed by atoms with Crippen molar-refractivity contribution in [2.75, 3.05) is 6.61 Å². The van der Waals surface area contributed by atoms with Crippen molar-refractivity contribution in [2.45, 2.75) is 45.7 Å². The number of aliphatic hydroxyl groups is 1. The highest BCUT2D eigenvalue weighted by Crippen LogP contribution is 2.27. The van der Waals surface area contributed by atoms with E-state index in [9.17, 15) is 15.2 Å². The predicted molar refractivity (Wildman–Crippen MR) is 75.4 cm³/mol. The average Bonchev–Trinajstić information content (AvgIpc) is 2.85. The maximum Gasteiger partial charge on any atom is 0.278 e. The van der Waals surface area contributed by atoms with Crippen molar-refractivity contribution in [2.24, 2.45) is 5.92 Å². The molecule has 0 aliphatic heterocycles. The van der Waals surface area contributed by atoms with Gasteiger partial charge in [-0.05, 0) is 32.6 Å². The molecule has 1 saturated carbocycles. The molecule has 0 aromatic carbocycles. The molecule has 0 spiro atoms. The number of nitro groups is 1. The summed E-state index contributed by atoms with van der Waals surface area (Å²) < 4.78 is 0. The molecule has 1 aromatic rings. The minimum Gasteiger partial charge on any atom is -0.396 e. The molecular formula is C14H21N3O3. The van der Waals surface area contributed by atoms with E-state index in [2.05, 4.69) is 10.3 Å². The Labute approximate surface area is 118 Å². The van der Waals surface area contributed by atoms with Gasteiger partial charge in [-0.3, -0.25) is 15.1 Å². The molecule has 1 aliphatic rings. The van der Waals surface area contributed by atoms with Crippen molar-refractivity contribution in [3.8, 4) is 0 Å². The average molecular weight is 279 g/mol. The van der Waals surface area contributed by atoms with Gasteiger partial charge < -0.3 is 10.4 Å². The van der Waals surface area contributed by atoms with Gasteiger partial charge in [0.1, 0.15) is 0 Å². The summed E-state index contributed by atoms with van der Waals surface area (Å²) in [5, 5.41) is 23.8. The number of nitrogens with one attached hydrogen (secondary N) is 1. The summed E-state index contributed by atoms with van der Waals surface area (Å²) in [6, 6.07) is 0.279. The van der Waals surface area contributed by atoms with Crippen molar-refractivity contribution in [3.05, 3.63) is 33.1 Å². The zero-order chi connectivity index (χ0) is 14.7. The SMILES string of the molecule is Cc1cnc(CNC2CCCC2CO)c(C)c1[N+](=O)[O-]. The zero-order valence-electron chi connectivity index (χ0n) is 11.9. The van der Waals surface area contributed by atoms with Crippen molar-refractivity contribution in [1.29, 1.82) is 0 Å². The fourth-order valence-electron chi connectivity index (χ4n) is 2.98. The molecule has 110 valence electrons. The molecule has 2 unspecified atom stereocenters. The largest absolute Gasteiger partial charge is 0.396 e. The first-order valence-corrected chi connectivity index (χ1v) is 6.98. The highest BCUT2D eigenvalue weighted by Gasteiger charge is 2.26. The van der Waals surface area contributed by atoms with Crippen LogP contribution >= 0.6 is 0 Å². The van der Waals surface area contributed by atoms with Crippen LogP contribution in [0.25, 0.3) is 0 Å². The third-order valence-corrected chi connectivity index (χ3v) is 4.18. The second kappa shape index (κ2) is 6.28. The van der Waals surface area contributed by atoms with E-state index in [1.165, 1.54) is 0 Å². The first-order valence-electron chi connectivity index (χ1n) is 6.98. The third kappa shape index (κ3) is 2.96. The van der Waals surface area contributed by atoms with E-state index in [-0.39, 0.29) is 29.2 Å². The van der Waals surface area contributed by atoms with E-state index < -0.39 is 0 Å². The maximum absolute atomic E-state index is 11.1. The molecule has 1 aliphatic carbocycles. The van der Waals surface area contributed by atoms with Gasteiger partial charge in [0.05, 0.1) is 10.6 Å². The van der Waals surface area contributed by atoms with Crippen LogP contribution in [0.5, 0.6) is 0 Å². The lowest BCUT2D eigenvalue weighted by molar-refractivity contribution is -0.386. The Morgan fingerprint density at radius 3 is 2.90 bits per heavy atom. The molecular weight excluding hydrogens is 258 g/mol. The molecule has 1 heterocycles. The topological polar surface area (TPSA) is 88.3 Å². The van der Waals surface area contributed by atoms with Crippen LogP contribution in [0.3, 0.4) is 0 Å². The fourth-order valence-corrected chi connectivity index (χ4v) is 2.98. The Kier molecular flexibility index (Phi) is 4.67. The number of aryl methyl sites for hydroxylation is 1. The summed E-state index contributed by atoms with van der Waals surface area (Å²) in [5.41, 5.74) is 2.08. The lowest BCUT2D eigenvalue weighted by Gasteiger charge is -2.19. The summed E-state index contributed by atoms with van der Waals surface area (Å²) >= 11 is 0. The van der Waals surface area contributed by atoms with Gasteiger partial charge in [-0.15, -0.1) is 0 Å². The molecule has 1 aromatic heterocycles. The minimum atomic E-state index is -0.345. The van der Waals surface area contributed by atoms with Gasteiger partial charge in [-0.25, -0.2) is 0 Å². The van der Waals surface area contributed by atoms with Crippen LogP contribution in [0.4, 0.5) is 5.69 Å². The van der Waals surface area contributed by atoms with Crippen LogP contribution in [0.15, 0.2) is 6.20 Å². The van der Waals surface area contributed by atoms with Gasteiger partial charge in [0.2, 0.25) is 0 Å². The highest BCUT2D eigenvalue weighted by atomic mass is 16.6. The van der Waals surface area contributed by atoms with Gasteiger partial charge >= 0.3 is 0 Å². The standard InChI is InChI=1S/C14H21N3O3/c1-9-6-15-13(10(2)14(9)17(19)20)7-16-12-5-3-4-11(12)8-18/h6,11-12,16,18H,3-5,7-8H2,1-2H3.